The summed E-state index contributed by atoms with van der Waals surface area (Å²) in [6, 6.07) is 0. The number of ether oxygens (including phenoxy) is 1. The summed E-state index contributed by atoms with van der Waals surface area (Å²) < 4.78 is 5.16. The second-order valence-electron chi connectivity index (χ2n) is 4.04. The van der Waals surface area contributed by atoms with Crippen LogP contribution in [0.4, 0.5) is 0 Å². The molecule has 0 bridgehead atoms. The standard InChI is InChI=1S/C11H20O2/c1-3-8-13-11(12)10-7-5-4-6-9(10)2/h9-10H,3-8H2,1-2H3. The fraction of sp³-hybridized carbons (Fsp3) is 0.909. The molecule has 2 heteroatoms. The van der Waals surface area contributed by atoms with Crippen LogP contribution in [-0.2, 0) is 9.53 Å². The molecule has 2 atom stereocenters. The first-order valence-corrected chi connectivity index (χ1v) is 5.42. The van der Waals surface area contributed by atoms with Crippen molar-refractivity contribution in [3.05, 3.63) is 0 Å². The third kappa shape index (κ3) is 3.02. The molecule has 1 fully saturated rings. The van der Waals surface area contributed by atoms with Crippen molar-refractivity contribution < 1.29 is 9.53 Å². The molecular weight excluding hydrogens is 164 g/mol. The first kappa shape index (κ1) is 10.6. The fourth-order valence-electron chi connectivity index (χ4n) is 1.98. The van der Waals surface area contributed by atoms with Crippen molar-refractivity contribution in [2.24, 2.45) is 11.8 Å². The van der Waals surface area contributed by atoms with Crippen molar-refractivity contribution >= 4 is 5.97 Å². The second kappa shape index (κ2) is 5.25. The van der Waals surface area contributed by atoms with Gasteiger partial charge in [-0.2, -0.15) is 0 Å². The summed E-state index contributed by atoms with van der Waals surface area (Å²) in [6.07, 6.45) is 5.61. The first-order valence-electron chi connectivity index (χ1n) is 5.42. The van der Waals surface area contributed by atoms with Crippen LogP contribution in [0, 0.1) is 11.8 Å². The zero-order chi connectivity index (χ0) is 9.68. The molecule has 2 unspecified atom stereocenters. The number of rotatable bonds is 3. The van der Waals surface area contributed by atoms with Crippen molar-refractivity contribution in [3.63, 3.8) is 0 Å². The van der Waals surface area contributed by atoms with Crippen LogP contribution in [0.2, 0.25) is 0 Å². The van der Waals surface area contributed by atoms with Gasteiger partial charge in [0.2, 0.25) is 0 Å². The van der Waals surface area contributed by atoms with Gasteiger partial charge in [-0.05, 0) is 25.2 Å². The van der Waals surface area contributed by atoms with Crippen LogP contribution in [-0.4, -0.2) is 12.6 Å². The van der Waals surface area contributed by atoms with Crippen molar-refractivity contribution in [3.8, 4) is 0 Å². The van der Waals surface area contributed by atoms with E-state index in [1.165, 1.54) is 19.3 Å². The lowest BCUT2D eigenvalue weighted by Crippen LogP contribution is -2.27. The SMILES string of the molecule is CCCOC(=O)C1CCCCC1C. The monoisotopic (exact) mass is 184 g/mol. The van der Waals surface area contributed by atoms with Crippen molar-refractivity contribution in [1.29, 1.82) is 0 Å². The van der Waals surface area contributed by atoms with Gasteiger partial charge in [-0.15, -0.1) is 0 Å². The summed E-state index contributed by atoms with van der Waals surface area (Å²) >= 11 is 0. The Morgan fingerprint density at radius 3 is 2.69 bits per heavy atom. The zero-order valence-electron chi connectivity index (χ0n) is 8.71. The molecule has 1 rings (SSSR count). The molecule has 13 heavy (non-hydrogen) atoms. The number of esters is 1. The molecule has 0 heterocycles. The minimum absolute atomic E-state index is 0.0362. The molecule has 76 valence electrons. The molecule has 0 spiro atoms. The molecular formula is C11H20O2. The number of carbonyl (C=O) groups excluding carboxylic acids is 1. The molecule has 1 aliphatic carbocycles. The summed E-state index contributed by atoms with van der Waals surface area (Å²) in [6.45, 7) is 4.77. The van der Waals surface area contributed by atoms with Crippen LogP contribution >= 0.6 is 0 Å². The van der Waals surface area contributed by atoms with Crippen LogP contribution < -0.4 is 0 Å². The van der Waals surface area contributed by atoms with Gasteiger partial charge in [0.05, 0.1) is 12.5 Å². The minimum atomic E-state index is 0.0362. The molecule has 0 radical (unpaired) electrons. The number of hydrogen-bond donors (Lipinski definition) is 0. The van der Waals surface area contributed by atoms with E-state index in [9.17, 15) is 4.79 Å². The summed E-state index contributed by atoms with van der Waals surface area (Å²) in [5.41, 5.74) is 0. The molecule has 0 aromatic heterocycles. The third-order valence-corrected chi connectivity index (χ3v) is 2.86. The van der Waals surface area contributed by atoms with Crippen molar-refractivity contribution in [2.45, 2.75) is 46.0 Å². The lowest BCUT2D eigenvalue weighted by molar-refractivity contribution is -0.151. The lowest BCUT2D eigenvalue weighted by atomic mass is 9.80. The smallest absolute Gasteiger partial charge is 0.309 e. The quantitative estimate of drug-likeness (QED) is 0.630. The van der Waals surface area contributed by atoms with Crippen LogP contribution in [0.25, 0.3) is 0 Å². The molecule has 1 aliphatic rings. The largest absolute Gasteiger partial charge is 0.465 e. The normalized spacial score (nSPS) is 28.5. The highest BCUT2D eigenvalue weighted by Crippen LogP contribution is 2.30. The molecule has 1 saturated carbocycles. The van der Waals surface area contributed by atoms with Gasteiger partial charge in [0.25, 0.3) is 0 Å². The van der Waals surface area contributed by atoms with Gasteiger partial charge in [-0.1, -0.05) is 26.7 Å². The van der Waals surface area contributed by atoms with Crippen LogP contribution in [0.5, 0.6) is 0 Å². The maximum absolute atomic E-state index is 11.5. The number of carbonyl (C=O) groups is 1. The van der Waals surface area contributed by atoms with Crippen LogP contribution in [0.1, 0.15) is 46.0 Å². The minimum Gasteiger partial charge on any atom is -0.465 e. The molecule has 0 N–H and O–H groups in total. The molecule has 0 aliphatic heterocycles. The van der Waals surface area contributed by atoms with Gasteiger partial charge in [0.1, 0.15) is 0 Å². The topological polar surface area (TPSA) is 26.3 Å². The van der Waals surface area contributed by atoms with Gasteiger partial charge in [0, 0.05) is 0 Å². The van der Waals surface area contributed by atoms with Crippen LogP contribution in [0.3, 0.4) is 0 Å². The highest BCUT2D eigenvalue weighted by molar-refractivity contribution is 5.72. The van der Waals surface area contributed by atoms with Crippen molar-refractivity contribution in [1.82, 2.24) is 0 Å². The van der Waals surface area contributed by atoms with Gasteiger partial charge >= 0.3 is 5.97 Å². The van der Waals surface area contributed by atoms with Gasteiger partial charge < -0.3 is 4.74 Å². The van der Waals surface area contributed by atoms with Gasteiger partial charge in [-0.25, -0.2) is 0 Å². The zero-order valence-corrected chi connectivity index (χ0v) is 8.71. The Kier molecular flexibility index (Phi) is 4.26. The Balaban J connectivity index is 2.35. The summed E-state index contributed by atoms with van der Waals surface area (Å²) in [5, 5.41) is 0. The number of hydrogen-bond acceptors (Lipinski definition) is 2. The molecule has 0 amide bonds. The van der Waals surface area contributed by atoms with E-state index in [-0.39, 0.29) is 11.9 Å². The highest BCUT2D eigenvalue weighted by Gasteiger charge is 2.28. The predicted octanol–water partition coefficient (Wildman–Crippen LogP) is 2.77. The van der Waals surface area contributed by atoms with Crippen LogP contribution in [0.15, 0.2) is 0 Å². The van der Waals surface area contributed by atoms with E-state index >= 15 is 0 Å². The summed E-state index contributed by atoms with van der Waals surface area (Å²) in [5.74, 6) is 0.743. The predicted molar refractivity (Wildman–Crippen MR) is 52.4 cm³/mol. The average Bonchev–Trinajstić information content (AvgIpc) is 2.15. The Morgan fingerprint density at radius 2 is 2.08 bits per heavy atom. The van der Waals surface area contributed by atoms with E-state index in [2.05, 4.69) is 6.92 Å². The van der Waals surface area contributed by atoms with E-state index in [4.69, 9.17) is 4.74 Å². The maximum Gasteiger partial charge on any atom is 0.309 e. The van der Waals surface area contributed by atoms with E-state index in [0.717, 1.165) is 12.8 Å². The second-order valence-corrected chi connectivity index (χ2v) is 4.04. The van der Waals surface area contributed by atoms with Crippen molar-refractivity contribution in [2.75, 3.05) is 6.61 Å². The first-order chi connectivity index (χ1) is 6.25. The Bertz CT molecular complexity index is 165. The van der Waals surface area contributed by atoms with E-state index < -0.39 is 0 Å². The Hall–Kier alpha value is -0.530. The highest BCUT2D eigenvalue weighted by atomic mass is 16.5. The Labute approximate surface area is 80.7 Å². The molecule has 0 aromatic carbocycles. The third-order valence-electron chi connectivity index (χ3n) is 2.86. The Morgan fingerprint density at radius 1 is 1.38 bits per heavy atom. The van der Waals surface area contributed by atoms with Gasteiger partial charge in [-0.3, -0.25) is 4.79 Å². The van der Waals surface area contributed by atoms with E-state index in [0.29, 0.717) is 12.5 Å². The van der Waals surface area contributed by atoms with Gasteiger partial charge in [0.15, 0.2) is 0 Å². The maximum atomic E-state index is 11.5. The summed E-state index contributed by atoms with van der Waals surface area (Å²) in [7, 11) is 0. The van der Waals surface area contributed by atoms with E-state index in [1.807, 2.05) is 6.92 Å². The molecule has 0 aromatic rings. The molecule has 0 saturated heterocycles. The fourth-order valence-corrected chi connectivity index (χ4v) is 1.98. The lowest BCUT2D eigenvalue weighted by Gasteiger charge is -2.26. The van der Waals surface area contributed by atoms with E-state index in [1.54, 1.807) is 0 Å². The summed E-state index contributed by atoms with van der Waals surface area (Å²) in [4.78, 5) is 11.5. The molecule has 2 nitrogen and oxygen atoms in total. The average molecular weight is 184 g/mol.